The van der Waals surface area contributed by atoms with Gasteiger partial charge in [-0.3, -0.25) is 4.79 Å². The van der Waals surface area contributed by atoms with Gasteiger partial charge in [-0.15, -0.1) is 12.4 Å². The van der Waals surface area contributed by atoms with Gasteiger partial charge in [-0.25, -0.2) is 8.42 Å². The van der Waals surface area contributed by atoms with Crippen LogP contribution in [-0.4, -0.2) is 37.8 Å². The van der Waals surface area contributed by atoms with Crippen LogP contribution in [-0.2, 0) is 14.8 Å². The Morgan fingerprint density at radius 1 is 1.36 bits per heavy atom. The molecule has 0 saturated carbocycles. The molecule has 2 rings (SSSR count). The van der Waals surface area contributed by atoms with E-state index in [-0.39, 0.29) is 29.3 Å². The van der Waals surface area contributed by atoms with E-state index in [1.807, 2.05) is 0 Å². The highest BCUT2D eigenvalue weighted by Crippen LogP contribution is 2.26. The van der Waals surface area contributed by atoms with Crippen molar-refractivity contribution in [2.75, 3.05) is 18.4 Å². The number of benzene rings is 1. The van der Waals surface area contributed by atoms with Crippen LogP contribution in [0, 0.1) is 0 Å². The van der Waals surface area contributed by atoms with Gasteiger partial charge in [0, 0.05) is 31.2 Å². The van der Waals surface area contributed by atoms with Gasteiger partial charge in [0.1, 0.15) is 0 Å². The molecule has 8 heteroatoms. The van der Waals surface area contributed by atoms with Crippen LogP contribution in [0.3, 0.4) is 0 Å². The zero-order valence-electron chi connectivity index (χ0n) is 12.5. The Balaban J connectivity index is 0.00000242. The third-order valence-electron chi connectivity index (χ3n) is 3.66. The first kappa shape index (κ1) is 18.9. The SMILES string of the molecule is CCC(=O)Nc1ccc(S(=O)(=O)N2CCCC2CN)cc1.Cl. The smallest absolute Gasteiger partial charge is 0.243 e. The molecule has 1 heterocycles. The van der Waals surface area contributed by atoms with Gasteiger partial charge in [0.15, 0.2) is 0 Å². The molecule has 1 aliphatic heterocycles. The van der Waals surface area contributed by atoms with Crippen molar-refractivity contribution < 1.29 is 13.2 Å². The molecule has 1 saturated heterocycles. The van der Waals surface area contributed by atoms with Crippen molar-refractivity contribution in [3.05, 3.63) is 24.3 Å². The minimum atomic E-state index is -3.51. The summed E-state index contributed by atoms with van der Waals surface area (Å²) >= 11 is 0. The third-order valence-corrected chi connectivity index (χ3v) is 5.63. The molecular weight excluding hydrogens is 326 g/mol. The molecular formula is C14H22ClN3O3S. The average Bonchev–Trinajstić information content (AvgIpc) is 2.97. The zero-order valence-corrected chi connectivity index (χ0v) is 14.1. The molecule has 1 aliphatic rings. The van der Waals surface area contributed by atoms with Gasteiger partial charge >= 0.3 is 0 Å². The number of hydrogen-bond acceptors (Lipinski definition) is 4. The van der Waals surface area contributed by atoms with E-state index in [0.717, 1.165) is 12.8 Å². The summed E-state index contributed by atoms with van der Waals surface area (Å²) in [5.74, 6) is -0.103. The number of anilines is 1. The van der Waals surface area contributed by atoms with E-state index in [4.69, 9.17) is 5.73 Å². The summed E-state index contributed by atoms with van der Waals surface area (Å²) in [7, 11) is -3.51. The fraction of sp³-hybridized carbons (Fsp3) is 0.500. The third kappa shape index (κ3) is 3.98. The molecule has 124 valence electrons. The van der Waals surface area contributed by atoms with Gasteiger partial charge in [-0.2, -0.15) is 4.31 Å². The van der Waals surface area contributed by atoms with Gasteiger partial charge < -0.3 is 11.1 Å². The molecule has 1 unspecified atom stereocenters. The van der Waals surface area contributed by atoms with Crippen LogP contribution >= 0.6 is 12.4 Å². The monoisotopic (exact) mass is 347 g/mol. The number of hydrogen-bond donors (Lipinski definition) is 2. The number of nitrogens with two attached hydrogens (primary N) is 1. The van der Waals surface area contributed by atoms with Crippen LogP contribution in [0.2, 0.25) is 0 Å². The van der Waals surface area contributed by atoms with Crippen LogP contribution in [0.15, 0.2) is 29.2 Å². The molecule has 0 aromatic heterocycles. The molecule has 0 spiro atoms. The highest BCUT2D eigenvalue weighted by Gasteiger charge is 2.34. The Labute approximate surface area is 137 Å². The van der Waals surface area contributed by atoms with Crippen molar-refractivity contribution in [1.82, 2.24) is 4.31 Å². The van der Waals surface area contributed by atoms with Gasteiger partial charge in [0.05, 0.1) is 4.90 Å². The lowest BCUT2D eigenvalue weighted by molar-refractivity contribution is -0.115. The van der Waals surface area contributed by atoms with E-state index in [1.54, 1.807) is 19.1 Å². The van der Waals surface area contributed by atoms with Gasteiger partial charge in [0.2, 0.25) is 15.9 Å². The van der Waals surface area contributed by atoms with Crippen LogP contribution in [0.4, 0.5) is 5.69 Å². The van der Waals surface area contributed by atoms with Crippen LogP contribution in [0.1, 0.15) is 26.2 Å². The summed E-state index contributed by atoms with van der Waals surface area (Å²) in [5.41, 5.74) is 6.23. The molecule has 1 amide bonds. The number of halogens is 1. The van der Waals surface area contributed by atoms with Crippen molar-refractivity contribution in [3.8, 4) is 0 Å². The lowest BCUT2D eigenvalue weighted by Gasteiger charge is -2.22. The quantitative estimate of drug-likeness (QED) is 0.845. The summed E-state index contributed by atoms with van der Waals surface area (Å²) in [6.45, 7) is 2.61. The number of carbonyl (C=O) groups is 1. The highest BCUT2D eigenvalue weighted by molar-refractivity contribution is 7.89. The lowest BCUT2D eigenvalue weighted by Crippen LogP contribution is -2.39. The average molecular weight is 348 g/mol. The van der Waals surface area contributed by atoms with E-state index < -0.39 is 10.0 Å². The number of rotatable bonds is 5. The zero-order chi connectivity index (χ0) is 15.5. The Hall–Kier alpha value is -1.15. The summed E-state index contributed by atoms with van der Waals surface area (Å²) < 4.78 is 26.6. The molecule has 1 fully saturated rings. The second kappa shape index (κ2) is 7.92. The maximum atomic E-state index is 12.6. The first-order chi connectivity index (χ1) is 9.98. The molecule has 1 aromatic rings. The number of nitrogens with zero attached hydrogens (tertiary/aromatic N) is 1. The summed E-state index contributed by atoms with van der Waals surface area (Å²) in [6.07, 6.45) is 2.03. The van der Waals surface area contributed by atoms with E-state index in [9.17, 15) is 13.2 Å². The Kier molecular flexibility index (Phi) is 6.80. The Morgan fingerprint density at radius 3 is 2.55 bits per heavy atom. The van der Waals surface area contributed by atoms with Crippen LogP contribution in [0.5, 0.6) is 0 Å². The standard InChI is InChI=1S/C14H21N3O3S.ClH/c1-2-14(18)16-11-5-7-13(8-6-11)21(19,20)17-9-3-4-12(17)10-15;/h5-8,12H,2-4,9-10,15H2,1H3,(H,16,18);1H. The van der Waals surface area contributed by atoms with E-state index >= 15 is 0 Å². The second-order valence-electron chi connectivity index (χ2n) is 5.07. The van der Waals surface area contributed by atoms with E-state index in [1.165, 1.54) is 16.4 Å². The number of nitrogens with one attached hydrogen (secondary N) is 1. The second-order valence-corrected chi connectivity index (χ2v) is 6.96. The van der Waals surface area contributed by atoms with Gasteiger partial charge in [-0.1, -0.05) is 6.92 Å². The molecule has 22 heavy (non-hydrogen) atoms. The molecule has 6 nitrogen and oxygen atoms in total. The first-order valence-electron chi connectivity index (χ1n) is 7.11. The van der Waals surface area contributed by atoms with Crippen molar-refractivity contribution in [3.63, 3.8) is 0 Å². The summed E-state index contributed by atoms with van der Waals surface area (Å²) in [4.78, 5) is 11.5. The maximum absolute atomic E-state index is 12.6. The fourth-order valence-electron chi connectivity index (χ4n) is 2.46. The van der Waals surface area contributed by atoms with Crippen LogP contribution < -0.4 is 11.1 Å². The Morgan fingerprint density at radius 2 is 2.00 bits per heavy atom. The fourth-order valence-corrected chi connectivity index (χ4v) is 4.16. The predicted molar refractivity (Wildman–Crippen MR) is 88.6 cm³/mol. The highest BCUT2D eigenvalue weighted by atomic mass is 35.5. The maximum Gasteiger partial charge on any atom is 0.243 e. The Bertz CT molecular complexity index is 604. The van der Waals surface area contributed by atoms with E-state index in [0.29, 0.717) is 25.2 Å². The van der Waals surface area contributed by atoms with Gasteiger partial charge in [-0.05, 0) is 37.1 Å². The largest absolute Gasteiger partial charge is 0.329 e. The minimum Gasteiger partial charge on any atom is -0.329 e. The molecule has 1 atom stereocenters. The van der Waals surface area contributed by atoms with Gasteiger partial charge in [0.25, 0.3) is 0 Å². The topological polar surface area (TPSA) is 92.5 Å². The molecule has 1 aromatic carbocycles. The van der Waals surface area contributed by atoms with Crippen molar-refractivity contribution >= 4 is 34.0 Å². The number of amides is 1. The van der Waals surface area contributed by atoms with Crippen molar-refractivity contribution in [2.45, 2.75) is 37.1 Å². The van der Waals surface area contributed by atoms with Crippen molar-refractivity contribution in [1.29, 1.82) is 0 Å². The molecule has 0 bridgehead atoms. The summed E-state index contributed by atoms with van der Waals surface area (Å²) in [6, 6.07) is 6.13. The van der Waals surface area contributed by atoms with E-state index in [2.05, 4.69) is 5.32 Å². The number of sulfonamides is 1. The lowest BCUT2D eigenvalue weighted by atomic mass is 10.2. The first-order valence-corrected chi connectivity index (χ1v) is 8.55. The summed E-state index contributed by atoms with van der Waals surface area (Å²) in [5, 5.41) is 2.69. The molecule has 0 radical (unpaired) electrons. The molecule has 0 aliphatic carbocycles. The number of carbonyl (C=O) groups excluding carboxylic acids is 1. The molecule has 3 N–H and O–H groups in total. The minimum absolute atomic E-state index is 0. The van der Waals surface area contributed by atoms with Crippen LogP contribution in [0.25, 0.3) is 0 Å². The van der Waals surface area contributed by atoms with Crippen molar-refractivity contribution in [2.24, 2.45) is 5.73 Å². The normalized spacial score (nSPS) is 18.7. The predicted octanol–water partition coefficient (Wildman–Crippen LogP) is 1.57.